The minimum atomic E-state index is -0.517. The van der Waals surface area contributed by atoms with Crippen molar-refractivity contribution < 1.29 is 14.6 Å². The van der Waals surface area contributed by atoms with Gasteiger partial charge in [-0.05, 0) is 20.8 Å². The zero-order chi connectivity index (χ0) is 12.4. The molecular formula is C11H24N2O3. The van der Waals surface area contributed by atoms with Crippen molar-refractivity contribution >= 4 is 5.91 Å². The maximum atomic E-state index is 11.1. The number of aliphatic hydroxyl groups excluding tert-OH is 1. The second kappa shape index (κ2) is 9.57. The molecule has 0 spiro atoms. The zero-order valence-electron chi connectivity index (χ0n) is 10.5. The molecule has 0 aromatic rings. The molecule has 0 aromatic heterocycles. The van der Waals surface area contributed by atoms with Gasteiger partial charge in [0.25, 0.3) is 0 Å². The molecule has 96 valence electrons. The Morgan fingerprint density at radius 2 is 2.12 bits per heavy atom. The van der Waals surface area contributed by atoms with Crippen LogP contribution >= 0.6 is 0 Å². The van der Waals surface area contributed by atoms with E-state index in [1.54, 1.807) is 0 Å². The fraction of sp³-hybridized carbons (Fsp3) is 0.909. The van der Waals surface area contributed by atoms with Crippen molar-refractivity contribution in [2.75, 3.05) is 26.2 Å². The normalized spacial score (nSPS) is 12.8. The summed E-state index contributed by atoms with van der Waals surface area (Å²) in [6.45, 7) is 7.75. The quantitative estimate of drug-likeness (QED) is 0.485. The van der Waals surface area contributed by atoms with E-state index >= 15 is 0 Å². The zero-order valence-corrected chi connectivity index (χ0v) is 10.5. The maximum absolute atomic E-state index is 11.1. The molecule has 1 atom stereocenters. The second-order valence-corrected chi connectivity index (χ2v) is 3.94. The van der Waals surface area contributed by atoms with Gasteiger partial charge in [-0.3, -0.25) is 4.79 Å². The molecule has 0 radical (unpaired) electrons. The minimum absolute atomic E-state index is 0.0305. The SMILES string of the molecule is CCNC(=O)CCNCC(O)COC(C)C. The van der Waals surface area contributed by atoms with E-state index in [0.717, 1.165) is 0 Å². The van der Waals surface area contributed by atoms with Crippen LogP contribution < -0.4 is 10.6 Å². The summed E-state index contributed by atoms with van der Waals surface area (Å²) in [5, 5.41) is 15.2. The predicted octanol–water partition coefficient (Wildman–Crippen LogP) is -0.112. The molecule has 5 heteroatoms. The van der Waals surface area contributed by atoms with Crippen molar-refractivity contribution in [3.05, 3.63) is 0 Å². The molecule has 0 fully saturated rings. The number of rotatable bonds is 9. The summed E-state index contributed by atoms with van der Waals surface area (Å²) in [6, 6.07) is 0. The standard InChI is InChI=1S/C11H24N2O3/c1-4-13-11(15)5-6-12-7-10(14)8-16-9(2)3/h9-10,12,14H,4-8H2,1-3H3,(H,13,15). The Bertz CT molecular complexity index is 186. The van der Waals surface area contributed by atoms with Crippen LogP contribution in [0.5, 0.6) is 0 Å². The fourth-order valence-corrected chi connectivity index (χ4v) is 1.12. The van der Waals surface area contributed by atoms with Crippen molar-refractivity contribution in [3.8, 4) is 0 Å². The van der Waals surface area contributed by atoms with Crippen LogP contribution in [-0.4, -0.2) is 49.5 Å². The molecule has 16 heavy (non-hydrogen) atoms. The Kier molecular flexibility index (Phi) is 9.18. The number of hydrogen-bond donors (Lipinski definition) is 3. The molecule has 0 heterocycles. The van der Waals surface area contributed by atoms with E-state index in [4.69, 9.17) is 4.74 Å². The predicted molar refractivity (Wildman–Crippen MR) is 63.3 cm³/mol. The van der Waals surface area contributed by atoms with Gasteiger partial charge in [0.2, 0.25) is 5.91 Å². The molecular weight excluding hydrogens is 208 g/mol. The topological polar surface area (TPSA) is 70.6 Å². The Morgan fingerprint density at radius 3 is 2.69 bits per heavy atom. The van der Waals surface area contributed by atoms with Crippen LogP contribution in [0.2, 0.25) is 0 Å². The van der Waals surface area contributed by atoms with Gasteiger partial charge in [0.05, 0.1) is 18.8 Å². The number of aliphatic hydroxyl groups is 1. The lowest BCUT2D eigenvalue weighted by molar-refractivity contribution is -0.120. The van der Waals surface area contributed by atoms with E-state index in [2.05, 4.69) is 10.6 Å². The van der Waals surface area contributed by atoms with Gasteiger partial charge in [0.1, 0.15) is 0 Å². The molecule has 0 rings (SSSR count). The first kappa shape index (κ1) is 15.3. The number of amides is 1. The highest BCUT2D eigenvalue weighted by Gasteiger charge is 2.05. The first-order chi connectivity index (χ1) is 7.56. The Balaban J connectivity index is 3.33. The summed E-state index contributed by atoms with van der Waals surface area (Å²) in [6.07, 6.45) is 0.0487. The first-order valence-electron chi connectivity index (χ1n) is 5.83. The van der Waals surface area contributed by atoms with Gasteiger partial charge in [-0.25, -0.2) is 0 Å². The Morgan fingerprint density at radius 1 is 1.44 bits per heavy atom. The van der Waals surface area contributed by atoms with E-state index in [1.165, 1.54) is 0 Å². The van der Waals surface area contributed by atoms with Crippen molar-refractivity contribution in [2.45, 2.75) is 39.4 Å². The van der Waals surface area contributed by atoms with Crippen LogP contribution in [0.15, 0.2) is 0 Å². The van der Waals surface area contributed by atoms with Crippen molar-refractivity contribution in [1.82, 2.24) is 10.6 Å². The second-order valence-electron chi connectivity index (χ2n) is 3.94. The van der Waals surface area contributed by atoms with Gasteiger partial charge in [-0.15, -0.1) is 0 Å². The molecule has 0 aliphatic heterocycles. The molecule has 0 aliphatic carbocycles. The summed E-state index contributed by atoms with van der Waals surface area (Å²) in [4.78, 5) is 11.1. The number of nitrogens with one attached hydrogen (secondary N) is 2. The number of carbonyl (C=O) groups is 1. The van der Waals surface area contributed by atoms with E-state index in [1.807, 2.05) is 20.8 Å². The van der Waals surface area contributed by atoms with E-state index < -0.39 is 6.10 Å². The highest BCUT2D eigenvalue weighted by molar-refractivity contribution is 5.75. The lowest BCUT2D eigenvalue weighted by Crippen LogP contribution is -2.34. The third kappa shape index (κ3) is 9.89. The lowest BCUT2D eigenvalue weighted by Gasteiger charge is -2.14. The number of hydrogen-bond acceptors (Lipinski definition) is 4. The van der Waals surface area contributed by atoms with Crippen LogP contribution in [-0.2, 0) is 9.53 Å². The van der Waals surface area contributed by atoms with Crippen LogP contribution in [0.25, 0.3) is 0 Å². The Hall–Kier alpha value is -0.650. The van der Waals surface area contributed by atoms with Crippen LogP contribution in [0, 0.1) is 0 Å². The van der Waals surface area contributed by atoms with E-state index in [-0.39, 0.29) is 12.0 Å². The molecule has 5 nitrogen and oxygen atoms in total. The van der Waals surface area contributed by atoms with E-state index in [0.29, 0.717) is 32.7 Å². The largest absolute Gasteiger partial charge is 0.389 e. The monoisotopic (exact) mass is 232 g/mol. The van der Waals surface area contributed by atoms with Crippen LogP contribution in [0.3, 0.4) is 0 Å². The molecule has 0 saturated carbocycles. The van der Waals surface area contributed by atoms with E-state index in [9.17, 15) is 9.90 Å². The fourth-order valence-electron chi connectivity index (χ4n) is 1.12. The summed E-state index contributed by atoms with van der Waals surface area (Å²) < 4.78 is 5.25. The number of ether oxygens (including phenoxy) is 1. The van der Waals surface area contributed by atoms with Crippen molar-refractivity contribution in [3.63, 3.8) is 0 Å². The van der Waals surface area contributed by atoms with Gasteiger partial charge >= 0.3 is 0 Å². The molecule has 1 amide bonds. The first-order valence-corrected chi connectivity index (χ1v) is 5.83. The molecule has 0 aliphatic rings. The van der Waals surface area contributed by atoms with Crippen LogP contribution in [0.1, 0.15) is 27.2 Å². The van der Waals surface area contributed by atoms with Gasteiger partial charge < -0.3 is 20.5 Å². The summed E-state index contributed by atoms with van der Waals surface area (Å²) in [7, 11) is 0. The lowest BCUT2D eigenvalue weighted by atomic mass is 10.3. The third-order valence-corrected chi connectivity index (χ3v) is 1.90. The summed E-state index contributed by atoms with van der Waals surface area (Å²) >= 11 is 0. The minimum Gasteiger partial charge on any atom is -0.389 e. The molecule has 3 N–H and O–H groups in total. The smallest absolute Gasteiger partial charge is 0.221 e. The molecule has 0 saturated heterocycles. The summed E-state index contributed by atoms with van der Waals surface area (Å²) in [5.41, 5.74) is 0. The molecule has 0 aromatic carbocycles. The highest BCUT2D eigenvalue weighted by Crippen LogP contribution is 1.90. The van der Waals surface area contributed by atoms with Gasteiger partial charge in [-0.2, -0.15) is 0 Å². The number of carbonyl (C=O) groups excluding carboxylic acids is 1. The van der Waals surface area contributed by atoms with Crippen LogP contribution in [0.4, 0.5) is 0 Å². The van der Waals surface area contributed by atoms with Crippen molar-refractivity contribution in [1.29, 1.82) is 0 Å². The maximum Gasteiger partial charge on any atom is 0.221 e. The Labute approximate surface area is 97.6 Å². The molecule has 0 bridgehead atoms. The van der Waals surface area contributed by atoms with Gasteiger partial charge in [0, 0.05) is 26.1 Å². The third-order valence-electron chi connectivity index (χ3n) is 1.90. The van der Waals surface area contributed by atoms with Gasteiger partial charge in [0.15, 0.2) is 0 Å². The molecule has 1 unspecified atom stereocenters. The average molecular weight is 232 g/mol. The van der Waals surface area contributed by atoms with Crippen molar-refractivity contribution in [2.24, 2.45) is 0 Å². The highest BCUT2D eigenvalue weighted by atomic mass is 16.5. The summed E-state index contributed by atoms with van der Waals surface area (Å²) in [5.74, 6) is 0.0305. The average Bonchev–Trinajstić information content (AvgIpc) is 2.22. The van der Waals surface area contributed by atoms with Gasteiger partial charge in [-0.1, -0.05) is 0 Å².